The Bertz CT molecular complexity index is 673. The van der Waals surface area contributed by atoms with Crippen LogP contribution < -0.4 is 4.90 Å². The minimum absolute atomic E-state index is 0.115. The Morgan fingerprint density at radius 1 is 1.09 bits per heavy atom. The average Bonchev–Trinajstić information content (AvgIpc) is 2.53. The van der Waals surface area contributed by atoms with Crippen LogP contribution in [0.2, 0.25) is 0 Å². The molecule has 0 N–H and O–H groups in total. The molecule has 0 fully saturated rings. The molecule has 0 spiro atoms. The van der Waals surface area contributed by atoms with Gasteiger partial charge in [0.25, 0.3) is 0 Å². The first-order valence-electron chi connectivity index (χ1n) is 7.40. The first-order valence-corrected chi connectivity index (χ1v) is 8.55. The van der Waals surface area contributed by atoms with Crippen molar-refractivity contribution in [1.29, 1.82) is 0 Å². The van der Waals surface area contributed by atoms with E-state index >= 15 is 0 Å². The van der Waals surface area contributed by atoms with E-state index in [0.29, 0.717) is 18.0 Å². The molecule has 0 aromatic heterocycles. The quantitative estimate of drug-likeness (QED) is 0.771. The lowest BCUT2D eigenvalue weighted by Gasteiger charge is -2.21. The lowest BCUT2D eigenvalue weighted by molar-refractivity contribution is -0.116. The standard InChI is InChI=1S/C18H19F2NOS/c1-3-21(15-8-9-16(19)17(20)10-15)18(22)12-23-11-14-6-4-13(2)5-7-14/h4-10H,3,11-12H2,1-2H3. The van der Waals surface area contributed by atoms with Crippen LogP contribution in [0.3, 0.4) is 0 Å². The fraction of sp³-hybridized carbons (Fsp3) is 0.278. The normalized spacial score (nSPS) is 10.6. The average molecular weight is 335 g/mol. The fourth-order valence-electron chi connectivity index (χ4n) is 2.17. The number of benzene rings is 2. The highest BCUT2D eigenvalue weighted by Gasteiger charge is 2.15. The number of amides is 1. The number of anilines is 1. The summed E-state index contributed by atoms with van der Waals surface area (Å²) in [6, 6.07) is 11.7. The zero-order chi connectivity index (χ0) is 16.8. The van der Waals surface area contributed by atoms with E-state index < -0.39 is 11.6 Å². The number of hydrogen-bond donors (Lipinski definition) is 0. The van der Waals surface area contributed by atoms with Crippen molar-refractivity contribution in [1.82, 2.24) is 0 Å². The molecule has 2 nitrogen and oxygen atoms in total. The summed E-state index contributed by atoms with van der Waals surface area (Å²) >= 11 is 1.51. The van der Waals surface area contributed by atoms with Crippen molar-refractivity contribution in [3.05, 3.63) is 65.2 Å². The van der Waals surface area contributed by atoms with Crippen LogP contribution in [0.5, 0.6) is 0 Å². The van der Waals surface area contributed by atoms with Crippen molar-refractivity contribution in [3.63, 3.8) is 0 Å². The molecule has 2 rings (SSSR count). The van der Waals surface area contributed by atoms with E-state index in [1.54, 1.807) is 0 Å². The Balaban J connectivity index is 1.94. The van der Waals surface area contributed by atoms with E-state index in [-0.39, 0.29) is 5.91 Å². The van der Waals surface area contributed by atoms with Gasteiger partial charge in [0.05, 0.1) is 5.75 Å². The van der Waals surface area contributed by atoms with Gasteiger partial charge in [-0.3, -0.25) is 4.79 Å². The third-order valence-electron chi connectivity index (χ3n) is 3.45. The van der Waals surface area contributed by atoms with Gasteiger partial charge in [-0.25, -0.2) is 8.78 Å². The monoisotopic (exact) mass is 335 g/mol. The van der Waals surface area contributed by atoms with Crippen LogP contribution in [-0.2, 0) is 10.5 Å². The largest absolute Gasteiger partial charge is 0.312 e. The van der Waals surface area contributed by atoms with Crippen LogP contribution in [0.1, 0.15) is 18.1 Å². The maximum Gasteiger partial charge on any atom is 0.236 e. The molecule has 0 unspecified atom stereocenters. The Morgan fingerprint density at radius 3 is 2.39 bits per heavy atom. The van der Waals surface area contributed by atoms with Gasteiger partial charge < -0.3 is 4.90 Å². The van der Waals surface area contributed by atoms with E-state index in [4.69, 9.17) is 0 Å². The van der Waals surface area contributed by atoms with Gasteiger partial charge in [0.1, 0.15) is 0 Å². The highest BCUT2D eigenvalue weighted by Crippen LogP contribution is 2.20. The molecule has 0 aliphatic carbocycles. The zero-order valence-electron chi connectivity index (χ0n) is 13.2. The predicted octanol–water partition coefficient (Wildman–Crippen LogP) is 4.56. The molecule has 0 atom stereocenters. The van der Waals surface area contributed by atoms with Gasteiger partial charge in [0.2, 0.25) is 5.91 Å². The number of carbonyl (C=O) groups is 1. The molecule has 0 heterocycles. The minimum atomic E-state index is -0.943. The van der Waals surface area contributed by atoms with E-state index in [2.05, 4.69) is 0 Å². The highest BCUT2D eigenvalue weighted by molar-refractivity contribution is 7.99. The molecule has 0 aliphatic rings. The Labute approximate surface area is 139 Å². The zero-order valence-corrected chi connectivity index (χ0v) is 14.0. The van der Waals surface area contributed by atoms with E-state index in [9.17, 15) is 13.6 Å². The predicted molar refractivity (Wildman–Crippen MR) is 91.7 cm³/mol. The summed E-state index contributed by atoms with van der Waals surface area (Å²) in [5, 5.41) is 0. The molecule has 23 heavy (non-hydrogen) atoms. The second kappa shape index (κ2) is 8.11. The summed E-state index contributed by atoms with van der Waals surface area (Å²) in [5.74, 6) is -0.940. The third kappa shape index (κ3) is 4.79. The summed E-state index contributed by atoms with van der Waals surface area (Å²) in [6.07, 6.45) is 0. The van der Waals surface area contributed by atoms with Crippen molar-refractivity contribution in [3.8, 4) is 0 Å². The van der Waals surface area contributed by atoms with Gasteiger partial charge in [-0.15, -0.1) is 11.8 Å². The maximum atomic E-state index is 13.3. The summed E-state index contributed by atoms with van der Waals surface area (Å²) in [5.41, 5.74) is 2.74. The van der Waals surface area contributed by atoms with Crippen LogP contribution >= 0.6 is 11.8 Å². The molecular weight excluding hydrogens is 316 g/mol. The molecule has 1 amide bonds. The van der Waals surface area contributed by atoms with Crippen molar-refractivity contribution < 1.29 is 13.6 Å². The lowest BCUT2D eigenvalue weighted by atomic mass is 10.2. The van der Waals surface area contributed by atoms with Crippen molar-refractivity contribution >= 4 is 23.4 Å². The molecule has 0 saturated carbocycles. The number of carbonyl (C=O) groups excluding carboxylic acids is 1. The maximum absolute atomic E-state index is 13.3. The molecule has 0 aliphatic heterocycles. The van der Waals surface area contributed by atoms with E-state index in [0.717, 1.165) is 23.4 Å². The first kappa shape index (κ1) is 17.5. The lowest BCUT2D eigenvalue weighted by Crippen LogP contribution is -2.32. The van der Waals surface area contributed by atoms with Gasteiger partial charge in [-0.05, 0) is 31.5 Å². The van der Waals surface area contributed by atoms with Gasteiger partial charge in [-0.2, -0.15) is 0 Å². The summed E-state index contributed by atoms with van der Waals surface area (Å²) in [4.78, 5) is 13.8. The summed E-state index contributed by atoms with van der Waals surface area (Å²) in [6.45, 7) is 4.25. The van der Waals surface area contributed by atoms with Gasteiger partial charge in [0, 0.05) is 24.1 Å². The number of hydrogen-bond acceptors (Lipinski definition) is 2. The molecule has 5 heteroatoms. The Morgan fingerprint density at radius 2 is 1.78 bits per heavy atom. The highest BCUT2D eigenvalue weighted by atomic mass is 32.2. The van der Waals surface area contributed by atoms with Gasteiger partial charge >= 0.3 is 0 Å². The SMILES string of the molecule is CCN(C(=O)CSCc1ccc(C)cc1)c1ccc(F)c(F)c1. The van der Waals surface area contributed by atoms with Crippen LogP contribution in [0, 0.1) is 18.6 Å². The van der Waals surface area contributed by atoms with Crippen LogP contribution in [0.4, 0.5) is 14.5 Å². The smallest absolute Gasteiger partial charge is 0.236 e. The number of nitrogens with zero attached hydrogens (tertiary/aromatic N) is 1. The first-order chi connectivity index (χ1) is 11.0. The Hall–Kier alpha value is -1.88. The van der Waals surface area contributed by atoms with E-state index in [1.165, 1.54) is 28.3 Å². The molecule has 0 saturated heterocycles. The van der Waals surface area contributed by atoms with Gasteiger partial charge in [-0.1, -0.05) is 29.8 Å². The molecular formula is C18H19F2NOS. The van der Waals surface area contributed by atoms with Crippen LogP contribution in [-0.4, -0.2) is 18.2 Å². The number of thioether (sulfide) groups is 1. The fourth-order valence-corrected chi connectivity index (χ4v) is 3.03. The second-order valence-corrected chi connectivity index (χ2v) is 6.20. The summed E-state index contributed by atoms with van der Waals surface area (Å²) < 4.78 is 26.3. The van der Waals surface area contributed by atoms with Crippen molar-refractivity contribution in [2.24, 2.45) is 0 Å². The topological polar surface area (TPSA) is 20.3 Å². The molecule has 2 aromatic rings. The minimum Gasteiger partial charge on any atom is -0.312 e. The van der Waals surface area contributed by atoms with Crippen LogP contribution in [0.25, 0.3) is 0 Å². The third-order valence-corrected chi connectivity index (χ3v) is 4.44. The molecule has 122 valence electrons. The molecule has 0 bridgehead atoms. The van der Waals surface area contributed by atoms with Gasteiger partial charge in [0.15, 0.2) is 11.6 Å². The molecule has 0 radical (unpaired) electrons. The number of aryl methyl sites for hydroxylation is 1. The van der Waals surface area contributed by atoms with Crippen molar-refractivity contribution in [2.45, 2.75) is 19.6 Å². The number of rotatable bonds is 6. The second-order valence-electron chi connectivity index (χ2n) is 5.21. The number of halogens is 2. The van der Waals surface area contributed by atoms with Crippen LogP contribution in [0.15, 0.2) is 42.5 Å². The summed E-state index contributed by atoms with van der Waals surface area (Å²) in [7, 11) is 0. The van der Waals surface area contributed by atoms with Crippen molar-refractivity contribution in [2.75, 3.05) is 17.2 Å². The molecule has 2 aromatic carbocycles. The Kier molecular flexibility index (Phi) is 6.16. The van der Waals surface area contributed by atoms with E-state index in [1.807, 2.05) is 38.1 Å².